The number of rotatable bonds is 1. The second-order valence-electron chi connectivity index (χ2n) is 3.66. The maximum absolute atomic E-state index is 11.6. The molecule has 0 saturated carbocycles. The van der Waals surface area contributed by atoms with Gasteiger partial charge in [-0.1, -0.05) is 0 Å². The summed E-state index contributed by atoms with van der Waals surface area (Å²) in [6.45, 7) is 1.48. The minimum absolute atomic E-state index is 0.0770. The van der Waals surface area contributed by atoms with Gasteiger partial charge in [-0.15, -0.1) is 0 Å². The molecule has 0 spiro atoms. The normalized spacial score (nSPS) is 19.4. The smallest absolute Gasteiger partial charge is 0.221 e. The number of carbonyl (C=O) groups excluding carboxylic acids is 1. The van der Waals surface area contributed by atoms with Crippen LogP contribution in [0.3, 0.4) is 0 Å². The number of nitrogens with one attached hydrogen (secondary N) is 1. The van der Waals surface area contributed by atoms with E-state index in [-0.39, 0.29) is 5.91 Å². The monoisotopic (exact) mass is 223 g/mol. The van der Waals surface area contributed by atoms with Crippen molar-refractivity contribution in [1.82, 2.24) is 0 Å². The number of anilines is 1. The summed E-state index contributed by atoms with van der Waals surface area (Å²) in [6, 6.07) is 5.59. The zero-order chi connectivity index (χ0) is 10.8. The van der Waals surface area contributed by atoms with Crippen molar-refractivity contribution in [1.29, 1.82) is 0 Å². The van der Waals surface area contributed by atoms with E-state index in [2.05, 4.69) is 5.32 Å². The van der Waals surface area contributed by atoms with E-state index in [0.717, 1.165) is 34.7 Å². The van der Waals surface area contributed by atoms with Crippen molar-refractivity contribution in [2.45, 2.75) is 24.7 Å². The first-order valence-electron chi connectivity index (χ1n) is 4.96. The molecule has 1 N–H and O–H groups in total. The second-order valence-corrected chi connectivity index (χ2v) is 5.20. The van der Waals surface area contributed by atoms with Gasteiger partial charge in [-0.25, -0.2) is 0 Å². The van der Waals surface area contributed by atoms with E-state index in [9.17, 15) is 9.00 Å². The largest absolute Gasteiger partial charge is 0.326 e. The average Bonchev–Trinajstić information content (AvgIpc) is 2.17. The highest BCUT2D eigenvalue weighted by atomic mass is 32.2. The summed E-state index contributed by atoms with van der Waals surface area (Å²) in [5.41, 5.74) is 1.89. The Hall–Kier alpha value is -1.16. The molecule has 4 heteroatoms. The van der Waals surface area contributed by atoms with Crippen LogP contribution < -0.4 is 5.32 Å². The van der Waals surface area contributed by atoms with Gasteiger partial charge in [0.25, 0.3) is 0 Å². The van der Waals surface area contributed by atoms with Gasteiger partial charge in [-0.2, -0.15) is 0 Å². The molecule has 0 fully saturated rings. The van der Waals surface area contributed by atoms with Crippen LogP contribution in [0.1, 0.15) is 18.9 Å². The van der Waals surface area contributed by atoms with Gasteiger partial charge >= 0.3 is 0 Å². The summed E-state index contributed by atoms with van der Waals surface area (Å²) in [4.78, 5) is 11.8. The van der Waals surface area contributed by atoms with Gasteiger partial charge in [-0.3, -0.25) is 9.00 Å². The molecule has 0 aliphatic carbocycles. The summed E-state index contributed by atoms with van der Waals surface area (Å²) in [6.07, 6.45) is 1.91. The maximum Gasteiger partial charge on any atom is 0.221 e. The Kier molecular flexibility index (Phi) is 2.86. The molecule has 1 atom stereocenters. The predicted molar refractivity (Wildman–Crippen MR) is 60.3 cm³/mol. The fourth-order valence-electron chi connectivity index (χ4n) is 1.78. The molecule has 1 unspecified atom stereocenters. The van der Waals surface area contributed by atoms with Crippen LogP contribution in [0, 0.1) is 0 Å². The number of hydrogen-bond donors (Lipinski definition) is 1. The van der Waals surface area contributed by atoms with Crippen molar-refractivity contribution in [2.24, 2.45) is 0 Å². The highest BCUT2D eigenvalue weighted by molar-refractivity contribution is 7.85. The van der Waals surface area contributed by atoms with Gasteiger partial charge in [0, 0.05) is 23.3 Å². The van der Waals surface area contributed by atoms with E-state index in [1.54, 1.807) is 0 Å². The summed E-state index contributed by atoms with van der Waals surface area (Å²) >= 11 is 0. The zero-order valence-corrected chi connectivity index (χ0v) is 9.39. The molecule has 0 saturated heterocycles. The molecule has 1 aromatic rings. The van der Waals surface area contributed by atoms with Crippen LogP contribution >= 0.6 is 0 Å². The Morgan fingerprint density at radius 3 is 3.00 bits per heavy atom. The van der Waals surface area contributed by atoms with Crippen LogP contribution in [0.25, 0.3) is 0 Å². The van der Waals surface area contributed by atoms with E-state index in [1.807, 2.05) is 18.2 Å². The number of benzene rings is 1. The molecule has 1 aromatic carbocycles. The minimum atomic E-state index is -0.849. The van der Waals surface area contributed by atoms with Gasteiger partial charge in [0.1, 0.15) is 0 Å². The highest BCUT2D eigenvalue weighted by Crippen LogP contribution is 2.25. The number of fused-ring (bicyclic) bond motifs is 1. The minimum Gasteiger partial charge on any atom is -0.326 e. The Morgan fingerprint density at radius 2 is 2.27 bits per heavy atom. The van der Waals surface area contributed by atoms with Crippen LogP contribution in [0.5, 0.6) is 0 Å². The van der Waals surface area contributed by atoms with Crippen LogP contribution in [0.2, 0.25) is 0 Å². The molecule has 1 aliphatic rings. The topological polar surface area (TPSA) is 46.2 Å². The van der Waals surface area contributed by atoms with E-state index in [1.165, 1.54) is 6.92 Å². The first-order valence-corrected chi connectivity index (χ1v) is 6.27. The predicted octanol–water partition coefficient (Wildman–Crippen LogP) is 1.70. The maximum atomic E-state index is 11.6. The quantitative estimate of drug-likeness (QED) is 0.787. The molecule has 80 valence electrons. The third-order valence-corrected chi connectivity index (χ3v) is 3.95. The SMILES string of the molecule is CC(=O)Nc1ccc2c(c1)CCCS2=O. The third kappa shape index (κ3) is 2.26. The first kappa shape index (κ1) is 10.4. The van der Waals surface area contributed by atoms with Crippen molar-refractivity contribution < 1.29 is 9.00 Å². The van der Waals surface area contributed by atoms with Gasteiger partial charge in [0.15, 0.2) is 0 Å². The molecule has 0 radical (unpaired) electrons. The summed E-state index contributed by atoms with van der Waals surface area (Å²) in [7, 11) is -0.849. The van der Waals surface area contributed by atoms with Crippen molar-refractivity contribution in [3.05, 3.63) is 23.8 Å². The molecule has 2 rings (SSSR count). The van der Waals surface area contributed by atoms with Gasteiger partial charge < -0.3 is 5.32 Å². The van der Waals surface area contributed by atoms with E-state index < -0.39 is 10.8 Å². The van der Waals surface area contributed by atoms with Crippen LogP contribution in [0.4, 0.5) is 5.69 Å². The van der Waals surface area contributed by atoms with Crippen molar-refractivity contribution in [3.63, 3.8) is 0 Å². The summed E-state index contributed by atoms with van der Waals surface area (Å²) in [5.74, 6) is 0.679. The molecule has 15 heavy (non-hydrogen) atoms. The zero-order valence-electron chi connectivity index (χ0n) is 8.58. The van der Waals surface area contributed by atoms with Crippen LogP contribution in [0.15, 0.2) is 23.1 Å². The average molecular weight is 223 g/mol. The Balaban J connectivity index is 2.33. The molecule has 1 heterocycles. The molecule has 1 aliphatic heterocycles. The molecule has 1 amide bonds. The first-order chi connectivity index (χ1) is 7.16. The number of aryl methyl sites for hydroxylation is 1. The van der Waals surface area contributed by atoms with Gasteiger partial charge in [-0.05, 0) is 36.6 Å². The third-order valence-electron chi connectivity index (χ3n) is 2.40. The van der Waals surface area contributed by atoms with Crippen LogP contribution in [-0.4, -0.2) is 15.9 Å². The Labute approximate surface area is 91.3 Å². The molecule has 0 aromatic heterocycles. The van der Waals surface area contributed by atoms with Crippen molar-refractivity contribution in [3.8, 4) is 0 Å². The molecular formula is C11H13NO2S. The fourth-order valence-corrected chi connectivity index (χ4v) is 3.08. The Morgan fingerprint density at radius 1 is 1.47 bits per heavy atom. The number of hydrogen-bond acceptors (Lipinski definition) is 2. The van der Waals surface area contributed by atoms with Crippen LogP contribution in [-0.2, 0) is 22.0 Å². The lowest BCUT2D eigenvalue weighted by Gasteiger charge is -2.16. The highest BCUT2D eigenvalue weighted by Gasteiger charge is 2.15. The Bertz CT molecular complexity index is 429. The lowest BCUT2D eigenvalue weighted by atomic mass is 10.1. The van der Waals surface area contributed by atoms with E-state index in [0.29, 0.717) is 0 Å². The van der Waals surface area contributed by atoms with Crippen molar-refractivity contribution in [2.75, 3.05) is 11.1 Å². The second kappa shape index (κ2) is 4.14. The van der Waals surface area contributed by atoms with Gasteiger partial charge in [0.05, 0.1) is 10.8 Å². The summed E-state index contributed by atoms with van der Waals surface area (Å²) in [5, 5.41) is 2.73. The molecule has 0 bridgehead atoms. The fraction of sp³-hybridized carbons (Fsp3) is 0.364. The van der Waals surface area contributed by atoms with Gasteiger partial charge in [0.2, 0.25) is 5.91 Å². The lowest BCUT2D eigenvalue weighted by molar-refractivity contribution is -0.114. The standard InChI is InChI=1S/C11H13NO2S/c1-8(13)12-10-4-5-11-9(7-10)3-2-6-15(11)14/h4-5,7H,2-3,6H2,1H3,(H,12,13). The lowest BCUT2D eigenvalue weighted by Crippen LogP contribution is -2.12. The van der Waals surface area contributed by atoms with E-state index in [4.69, 9.17) is 0 Å². The number of amides is 1. The number of carbonyl (C=O) groups is 1. The molecule has 3 nitrogen and oxygen atoms in total. The molecular weight excluding hydrogens is 210 g/mol. The van der Waals surface area contributed by atoms with E-state index >= 15 is 0 Å². The summed E-state index contributed by atoms with van der Waals surface area (Å²) < 4.78 is 11.6. The van der Waals surface area contributed by atoms with Crippen molar-refractivity contribution >= 4 is 22.4 Å².